The number of anilines is 1. The van der Waals surface area contributed by atoms with Gasteiger partial charge in [0.15, 0.2) is 0 Å². The van der Waals surface area contributed by atoms with Gasteiger partial charge in [0.1, 0.15) is 0 Å². The molecule has 1 unspecified atom stereocenters. The third-order valence-corrected chi connectivity index (χ3v) is 3.62. The van der Waals surface area contributed by atoms with Crippen molar-refractivity contribution < 1.29 is 0 Å². The molecule has 0 aliphatic carbocycles. The third kappa shape index (κ3) is 2.11. The van der Waals surface area contributed by atoms with Crippen LogP contribution in [0.3, 0.4) is 0 Å². The zero-order valence-electron chi connectivity index (χ0n) is 10.6. The summed E-state index contributed by atoms with van der Waals surface area (Å²) in [7, 11) is 0. The van der Waals surface area contributed by atoms with Crippen molar-refractivity contribution in [3.8, 4) is 6.07 Å². The molecule has 3 aromatic rings. The molecule has 2 aromatic carbocycles. The number of fused-ring (bicyclic) bond motifs is 1. The molecule has 0 bridgehead atoms. The van der Waals surface area contributed by atoms with Crippen molar-refractivity contribution in [3.63, 3.8) is 0 Å². The van der Waals surface area contributed by atoms with Gasteiger partial charge in [0.05, 0.1) is 12.0 Å². The van der Waals surface area contributed by atoms with Gasteiger partial charge >= 0.3 is 0 Å². The maximum absolute atomic E-state index is 9.52. The Kier molecular flexibility index (Phi) is 3.09. The van der Waals surface area contributed by atoms with Crippen molar-refractivity contribution in [1.82, 2.24) is 4.98 Å². The van der Waals surface area contributed by atoms with Crippen molar-refractivity contribution >= 4 is 28.2 Å². The van der Waals surface area contributed by atoms with Crippen LogP contribution in [0.5, 0.6) is 0 Å². The summed E-state index contributed by atoms with van der Waals surface area (Å²) in [5.74, 6) is -0.345. The number of aromatic nitrogens is 1. The number of nitrogens with two attached hydrogens (primary N) is 1. The Morgan fingerprint density at radius 2 is 1.90 bits per heavy atom. The van der Waals surface area contributed by atoms with Gasteiger partial charge in [-0.05, 0) is 41.5 Å². The molecular formula is C16H12ClN3. The lowest BCUT2D eigenvalue weighted by Crippen LogP contribution is -1.97. The van der Waals surface area contributed by atoms with Crippen LogP contribution in [0.1, 0.15) is 17.0 Å². The van der Waals surface area contributed by atoms with Gasteiger partial charge in [-0.3, -0.25) is 0 Å². The van der Waals surface area contributed by atoms with Crippen molar-refractivity contribution in [2.45, 2.75) is 5.92 Å². The maximum Gasteiger partial charge on any atom is 0.0983 e. The number of hydrogen-bond acceptors (Lipinski definition) is 2. The normalized spacial score (nSPS) is 12.2. The first-order valence-electron chi connectivity index (χ1n) is 6.20. The highest BCUT2D eigenvalue weighted by molar-refractivity contribution is 6.31. The van der Waals surface area contributed by atoms with E-state index < -0.39 is 0 Å². The Labute approximate surface area is 121 Å². The molecule has 1 heterocycles. The quantitative estimate of drug-likeness (QED) is 0.696. The Hall–Kier alpha value is -2.44. The van der Waals surface area contributed by atoms with E-state index in [-0.39, 0.29) is 5.92 Å². The zero-order chi connectivity index (χ0) is 14.1. The summed E-state index contributed by atoms with van der Waals surface area (Å²) in [6.45, 7) is 0. The van der Waals surface area contributed by atoms with E-state index in [2.05, 4.69) is 11.1 Å². The van der Waals surface area contributed by atoms with Crippen LogP contribution in [0.2, 0.25) is 5.02 Å². The van der Waals surface area contributed by atoms with Crippen LogP contribution in [0.15, 0.2) is 48.7 Å². The third-order valence-electron chi connectivity index (χ3n) is 3.39. The number of halogens is 1. The minimum absolute atomic E-state index is 0.345. The highest BCUT2D eigenvalue weighted by atomic mass is 35.5. The number of nitrogens with one attached hydrogen (secondary N) is 1. The van der Waals surface area contributed by atoms with Crippen LogP contribution < -0.4 is 5.73 Å². The van der Waals surface area contributed by atoms with E-state index in [1.807, 2.05) is 48.7 Å². The second-order valence-electron chi connectivity index (χ2n) is 4.66. The number of rotatable bonds is 2. The summed E-state index contributed by atoms with van der Waals surface area (Å²) >= 11 is 6.05. The average Bonchev–Trinajstić information content (AvgIpc) is 2.85. The van der Waals surface area contributed by atoms with E-state index in [0.717, 1.165) is 22.0 Å². The zero-order valence-corrected chi connectivity index (χ0v) is 11.4. The van der Waals surface area contributed by atoms with Gasteiger partial charge in [-0.1, -0.05) is 23.7 Å². The number of H-pyrrole nitrogens is 1. The minimum Gasteiger partial charge on any atom is -0.399 e. The van der Waals surface area contributed by atoms with Gasteiger partial charge in [0.25, 0.3) is 0 Å². The first kappa shape index (κ1) is 12.6. The summed E-state index contributed by atoms with van der Waals surface area (Å²) in [6, 6.07) is 15.3. The summed E-state index contributed by atoms with van der Waals surface area (Å²) in [6.07, 6.45) is 1.87. The lowest BCUT2D eigenvalue weighted by Gasteiger charge is -2.09. The van der Waals surface area contributed by atoms with E-state index >= 15 is 0 Å². The smallest absolute Gasteiger partial charge is 0.0983 e. The number of aromatic amines is 1. The topological polar surface area (TPSA) is 65.6 Å². The maximum atomic E-state index is 9.52. The first-order chi connectivity index (χ1) is 9.69. The number of nitrogen functional groups attached to an aromatic ring is 1. The molecule has 1 aromatic heterocycles. The van der Waals surface area contributed by atoms with Gasteiger partial charge in [-0.25, -0.2) is 0 Å². The van der Waals surface area contributed by atoms with Crippen LogP contribution >= 0.6 is 11.6 Å². The molecule has 0 radical (unpaired) electrons. The molecule has 0 spiro atoms. The van der Waals surface area contributed by atoms with E-state index in [1.54, 1.807) is 0 Å². The standard InChI is InChI=1S/C16H12ClN3/c17-11-3-6-16-13(7-11)15(9-20-16)14(8-18)10-1-4-12(19)5-2-10/h1-7,9,14,20H,19H2. The predicted molar refractivity (Wildman–Crippen MR) is 81.6 cm³/mol. The van der Waals surface area contributed by atoms with E-state index in [1.165, 1.54) is 0 Å². The Balaban J connectivity index is 2.14. The Morgan fingerprint density at radius 1 is 1.15 bits per heavy atom. The molecule has 0 aliphatic rings. The van der Waals surface area contributed by atoms with E-state index in [9.17, 15) is 5.26 Å². The van der Waals surface area contributed by atoms with Crippen LogP contribution in [0.25, 0.3) is 10.9 Å². The molecule has 4 heteroatoms. The second kappa shape index (κ2) is 4.92. The molecule has 3 N–H and O–H groups in total. The van der Waals surface area contributed by atoms with Crippen LogP contribution in [-0.4, -0.2) is 4.98 Å². The molecule has 0 saturated heterocycles. The van der Waals surface area contributed by atoms with Crippen molar-refractivity contribution in [3.05, 3.63) is 64.8 Å². The molecule has 3 rings (SSSR count). The SMILES string of the molecule is N#CC(c1ccc(N)cc1)c1c[nH]c2ccc(Cl)cc12. The lowest BCUT2D eigenvalue weighted by molar-refractivity contribution is 1.05. The fourth-order valence-corrected chi connectivity index (χ4v) is 2.54. The van der Waals surface area contributed by atoms with E-state index in [4.69, 9.17) is 17.3 Å². The average molecular weight is 282 g/mol. The van der Waals surface area contributed by atoms with Crippen molar-refractivity contribution in [2.75, 3.05) is 5.73 Å². The van der Waals surface area contributed by atoms with Gasteiger partial charge in [-0.2, -0.15) is 5.26 Å². The summed E-state index contributed by atoms with van der Waals surface area (Å²) < 4.78 is 0. The highest BCUT2D eigenvalue weighted by Gasteiger charge is 2.17. The van der Waals surface area contributed by atoms with Crippen molar-refractivity contribution in [1.29, 1.82) is 5.26 Å². The summed E-state index contributed by atoms with van der Waals surface area (Å²) in [4.78, 5) is 3.18. The molecule has 0 fully saturated rings. The van der Waals surface area contributed by atoms with Gasteiger partial charge in [0.2, 0.25) is 0 Å². The molecule has 1 atom stereocenters. The summed E-state index contributed by atoms with van der Waals surface area (Å²) in [5.41, 5.74) is 9.20. The van der Waals surface area contributed by atoms with Gasteiger partial charge in [0, 0.05) is 27.8 Å². The van der Waals surface area contributed by atoms with Gasteiger partial charge in [-0.15, -0.1) is 0 Å². The monoisotopic (exact) mass is 281 g/mol. The van der Waals surface area contributed by atoms with E-state index in [0.29, 0.717) is 10.7 Å². The number of benzene rings is 2. The molecule has 0 saturated carbocycles. The fourth-order valence-electron chi connectivity index (χ4n) is 2.37. The van der Waals surface area contributed by atoms with Crippen LogP contribution in [0.4, 0.5) is 5.69 Å². The lowest BCUT2D eigenvalue weighted by atomic mass is 9.92. The Bertz CT molecular complexity index is 797. The van der Waals surface area contributed by atoms with Crippen molar-refractivity contribution in [2.24, 2.45) is 0 Å². The Morgan fingerprint density at radius 3 is 2.60 bits per heavy atom. The molecular weight excluding hydrogens is 270 g/mol. The molecule has 3 nitrogen and oxygen atoms in total. The largest absolute Gasteiger partial charge is 0.399 e. The molecule has 20 heavy (non-hydrogen) atoms. The molecule has 98 valence electrons. The van der Waals surface area contributed by atoms with Crippen LogP contribution in [-0.2, 0) is 0 Å². The second-order valence-corrected chi connectivity index (χ2v) is 5.10. The highest BCUT2D eigenvalue weighted by Crippen LogP contribution is 2.32. The van der Waals surface area contributed by atoms with Crippen LogP contribution in [0, 0.1) is 11.3 Å². The predicted octanol–water partition coefficient (Wildman–Crippen LogP) is 4.06. The number of hydrogen-bond donors (Lipinski definition) is 2. The fraction of sp³-hybridized carbons (Fsp3) is 0.0625. The molecule has 0 aliphatic heterocycles. The summed E-state index contributed by atoms with van der Waals surface area (Å²) in [5, 5.41) is 11.2. The number of nitriles is 1. The molecule has 0 amide bonds. The van der Waals surface area contributed by atoms with Gasteiger partial charge < -0.3 is 10.7 Å². The first-order valence-corrected chi connectivity index (χ1v) is 6.58. The minimum atomic E-state index is -0.345. The number of nitrogens with zero attached hydrogens (tertiary/aromatic N) is 1.